The van der Waals surface area contributed by atoms with Gasteiger partial charge in [-0.1, -0.05) is 34.1 Å². The van der Waals surface area contributed by atoms with E-state index in [4.69, 9.17) is 4.74 Å². The molecule has 2 aromatic rings. The lowest BCUT2D eigenvalue weighted by atomic mass is 10.1. The Balaban J connectivity index is 1.70. The zero-order chi connectivity index (χ0) is 17.8. The van der Waals surface area contributed by atoms with Crippen LogP contribution in [0.25, 0.3) is 0 Å². The number of carbonyl (C=O) groups is 2. The molecule has 5 nitrogen and oxygen atoms in total. The van der Waals surface area contributed by atoms with Crippen molar-refractivity contribution in [3.63, 3.8) is 0 Å². The maximum Gasteiger partial charge on any atom is 0.230 e. The third-order valence-electron chi connectivity index (χ3n) is 3.97. The molecule has 1 N–H and O–H groups in total. The molecule has 0 saturated carbocycles. The van der Waals surface area contributed by atoms with Crippen molar-refractivity contribution in [2.75, 3.05) is 23.4 Å². The monoisotopic (exact) mass is 402 g/mol. The van der Waals surface area contributed by atoms with Gasteiger partial charge in [0.2, 0.25) is 11.8 Å². The lowest BCUT2D eigenvalue weighted by molar-refractivity contribution is -0.119. The summed E-state index contributed by atoms with van der Waals surface area (Å²) in [5.74, 6) is 0.579. The van der Waals surface area contributed by atoms with Crippen LogP contribution in [0.5, 0.6) is 5.75 Å². The van der Waals surface area contributed by atoms with Crippen molar-refractivity contribution in [3.8, 4) is 5.75 Å². The van der Waals surface area contributed by atoms with Crippen molar-refractivity contribution in [1.82, 2.24) is 0 Å². The Bertz CT molecular complexity index is 793. The second-order valence-electron chi connectivity index (χ2n) is 5.85. The van der Waals surface area contributed by atoms with E-state index in [9.17, 15) is 9.59 Å². The van der Waals surface area contributed by atoms with Gasteiger partial charge in [0.1, 0.15) is 5.75 Å². The fourth-order valence-corrected chi connectivity index (χ4v) is 3.46. The van der Waals surface area contributed by atoms with Crippen LogP contribution in [-0.4, -0.2) is 25.0 Å². The number of anilines is 2. The zero-order valence-corrected chi connectivity index (χ0v) is 15.5. The molecule has 2 amide bonds. The average molecular weight is 403 g/mol. The van der Waals surface area contributed by atoms with Gasteiger partial charge in [0.25, 0.3) is 0 Å². The molecule has 0 aliphatic carbocycles. The molecule has 0 bridgehead atoms. The second-order valence-corrected chi connectivity index (χ2v) is 6.76. The molecule has 6 heteroatoms. The first-order valence-corrected chi connectivity index (χ1v) is 8.92. The molecule has 0 radical (unpaired) electrons. The summed E-state index contributed by atoms with van der Waals surface area (Å²) >= 11 is 3.46. The fourth-order valence-electron chi connectivity index (χ4n) is 2.95. The summed E-state index contributed by atoms with van der Waals surface area (Å²) in [5, 5.41) is 2.82. The molecular formula is C19H19BrN2O3. The first-order chi connectivity index (χ1) is 12.0. The molecular weight excluding hydrogens is 384 g/mol. The topological polar surface area (TPSA) is 58.6 Å². The number of amides is 2. The molecule has 0 spiro atoms. The number of hydrogen-bond donors (Lipinski definition) is 1. The van der Waals surface area contributed by atoms with E-state index in [2.05, 4.69) is 21.2 Å². The molecule has 0 aromatic heterocycles. The van der Waals surface area contributed by atoms with Gasteiger partial charge in [0, 0.05) is 17.9 Å². The number of ether oxygens (including phenoxy) is 1. The molecule has 130 valence electrons. The van der Waals surface area contributed by atoms with Crippen LogP contribution in [0.1, 0.15) is 18.9 Å². The minimum absolute atomic E-state index is 0.0106. The van der Waals surface area contributed by atoms with E-state index in [0.717, 1.165) is 27.9 Å². The van der Waals surface area contributed by atoms with Crippen LogP contribution in [-0.2, 0) is 16.0 Å². The number of carbonyl (C=O) groups excluding carboxylic acids is 2. The van der Waals surface area contributed by atoms with Crippen molar-refractivity contribution in [2.24, 2.45) is 0 Å². The smallest absolute Gasteiger partial charge is 0.230 e. The lowest BCUT2D eigenvalue weighted by Gasteiger charge is -2.21. The Morgan fingerprint density at radius 2 is 2.00 bits per heavy atom. The molecule has 3 rings (SSSR count). The van der Waals surface area contributed by atoms with Crippen molar-refractivity contribution < 1.29 is 14.3 Å². The number of nitrogens with one attached hydrogen (secondary N) is 1. The number of para-hydroxylation sites is 1. The third-order valence-corrected chi connectivity index (χ3v) is 4.43. The fraction of sp³-hybridized carbons (Fsp3) is 0.263. The van der Waals surface area contributed by atoms with E-state index >= 15 is 0 Å². The zero-order valence-electron chi connectivity index (χ0n) is 13.9. The van der Waals surface area contributed by atoms with Gasteiger partial charge in [-0.2, -0.15) is 0 Å². The van der Waals surface area contributed by atoms with Gasteiger partial charge in [-0.3, -0.25) is 9.59 Å². The van der Waals surface area contributed by atoms with Gasteiger partial charge in [-0.15, -0.1) is 0 Å². The first-order valence-electron chi connectivity index (χ1n) is 8.13. The van der Waals surface area contributed by atoms with Gasteiger partial charge in [-0.05, 0) is 36.2 Å². The second kappa shape index (κ2) is 7.70. The molecule has 0 fully saturated rings. The minimum Gasteiger partial charge on any atom is -0.493 e. The number of benzene rings is 2. The van der Waals surface area contributed by atoms with E-state index in [-0.39, 0.29) is 18.2 Å². The van der Waals surface area contributed by atoms with Crippen LogP contribution in [0.4, 0.5) is 11.4 Å². The van der Waals surface area contributed by atoms with Gasteiger partial charge >= 0.3 is 0 Å². The summed E-state index contributed by atoms with van der Waals surface area (Å²) in [7, 11) is 0. The molecule has 25 heavy (non-hydrogen) atoms. The highest BCUT2D eigenvalue weighted by atomic mass is 79.9. The number of hydrogen-bond acceptors (Lipinski definition) is 3. The van der Waals surface area contributed by atoms with E-state index < -0.39 is 0 Å². The summed E-state index contributed by atoms with van der Waals surface area (Å²) in [6, 6.07) is 13.3. The Morgan fingerprint density at radius 1 is 1.24 bits per heavy atom. The van der Waals surface area contributed by atoms with Crippen molar-refractivity contribution in [2.45, 2.75) is 19.8 Å². The molecule has 2 aromatic carbocycles. The van der Waals surface area contributed by atoms with Gasteiger partial charge in [-0.25, -0.2) is 0 Å². The van der Waals surface area contributed by atoms with Crippen LogP contribution in [0, 0.1) is 0 Å². The highest BCUT2D eigenvalue weighted by molar-refractivity contribution is 9.10. The molecule has 0 atom stereocenters. The minimum atomic E-state index is -0.160. The van der Waals surface area contributed by atoms with Gasteiger partial charge in [0.05, 0.1) is 24.4 Å². The Hall–Kier alpha value is -2.34. The van der Waals surface area contributed by atoms with Crippen LogP contribution in [0.15, 0.2) is 46.9 Å². The number of fused-ring (bicyclic) bond motifs is 1. The summed E-state index contributed by atoms with van der Waals surface area (Å²) in [4.78, 5) is 25.9. The summed E-state index contributed by atoms with van der Waals surface area (Å²) in [6.07, 6.45) is 1.05. The van der Waals surface area contributed by atoms with E-state index in [1.807, 2.05) is 42.5 Å². The Morgan fingerprint density at radius 3 is 2.72 bits per heavy atom. The Labute approximate surface area is 155 Å². The lowest BCUT2D eigenvalue weighted by Crippen LogP contribution is -2.30. The number of rotatable bonds is 5. The molecule has 1 aliphatic heterocycles. The standard InChI is InChI=1S/C19H19BrN2O3/c1-13(23)21-17-12-15(20)11-14-7-9-22(19(14)17)18(24)8-10-25-16-5-3-2-4-6-16/h2-6,11-12H,7-10H2,1H3,(H,21,23). The molecule has 0 saturated heterocycles. The maximum absolute atomic E-state index is 12.6. The first kappa shape index (κ1) is 17.5. The largest absolute Gasteiger partial charge is 0.493 e. The molecule has 1 aliphatic rings. The highest BCUT2D eigenvalue weighted by Gasteiger charge is 2.28. The van der Waals surface area contributed by atoms with Crippen LogP contribution < -0.4 is 15.0 Å². The molecule has 0 unspecified atom stereocenters. The molecule has 1 heterocycles. The summed E-state index contributed by atoms with van der Waals surface area (Å²) in [5.41, 5.74) is 2.50. The van der Waals surface area contributed by atoms with Crippen LogP contribution in [0.2, 0.25) is 0 Å². The summed E-state index contributed by atoms with van der Waals surface area (Å²) < 4.78 is 6.50. The van der Waals surface area contributed by atoms with E-state index in [1.165, 1.54) is 6.92 Å². The normalized spacial score (nSPS) is 12.6. The average Bonchev–Trinajstić information content (AvgIpc) is 2.99. The highest BCUT2D eigenvalue weighted by Crippen LogP contribution is 2.38. The number of nitrogens with zero attached hydrogens (tertiary/aromatic N) is 1. The van der Waals surface area contributed by atoms with Crippen LogP contribution in [0.3, 0.4) is 0 Å². The SMILES string of the molecule is CC(=O)Nc1cc(Br)cc2c1N(C(=O)CCOc1ccccc1)CC2. The quantitative estimate of drug-likeness (QED) is 0.827. The maximum atomic E-state index is 12.6. The van der Waals surface area contributed by atoms with Crippen molar-refractivity contribution in [1.29, 1.82) is 0 Å². The van der Waals surface area contributed by atoms with E-state index in [0.29, 0.717) is 18.8 Å². The third kappa shape index (κ3) is 4.20. The van der Waals surface area contributed by atoms with Crippen molar-refractivity contribution in [3.05, 3.63) is 52.5 Å². The Kier molecular flexibility index (Phi) is 5.38. The predicted molar refractivity (Wildman–Crippen MR) is 101 cm³/mol. The van der Waals surface area contributed by atoms with Gasteiger partial charge in [0.15, 0.2) is 0 Å². The summed E-state index contributed by atoms with van der Waals surface area (Å²) in [6.45, 7) is 2.39. The number of halogens is 1. The van der Waals surface area contributed by atoms with E-state index in [1.54, 1.807) is 4.90 Å². The predicted octanol–water partition coefficient (Wildman–Crippen LogP) is 3.77. The van der Waals surface area contributed by atoms with Crippen molar-refractivity contribution >= 4 is 39.1 Å². The van der Waals surface area contributed by atoms with Gasteiger partial charge < -0.3 is 15.0 Å². The van der Waals surface area contributed by atoms with Crippen LogP contribution >= 0.6 is 15.9 Å².